The summed E-state index contributed by atoms with van der Waals surface area (Å²) in [5, 5.41) is 0. The summed E-state index contributed by atoms with van der Waals surface area (Å²) in [6.45, 7) is 9.01. The second-order valence-corrected chi connectivity index (χ2v) is 19.1. The van der Waals surface area contributed by atoms with Gasteiger partial charge in [0.15, 0.2) is 6.10 Å². The molecule has 0 heterocycles. The lowest BCUT2D eigenvalue weighted by atomic mass is 10.00. The number of rotatable bonds is 50. The van der Waals surface area contributed by atoms with Gasteiger partial charge in [0.25, 0.3) is 0 Å². The van der Waals surface area contributed by atoms with E-state index in [0.717, 1.165) is 63.7 Å². The largest absolute Gasteiger partial charge is 0.462 e. The molecule has 61 heavy (non-hydrogen) atoms. The Morgan fingerprint density at radius 3 is 0.852 bits per heavy atom. The van der Waals surface area contributed by atoms with Crippen LogP contribution in [0, 0.1) is 5.92 Å². The highest BCUT2D eigenvalue weighted by Gasteiger charge is 2.19. The molecule has 0 aromatic heterocycles. The van der Waals surface area contributed by atoms with Gasteiger partial charge < -0.3 is 14.2 Å². The topological polar surface area (TPSA) is 78.9 Å². The van der Waals surface area contributed by atoms with Crippen LogP contribution in [-0.4, -0.2) is 37.2 Å². The first-order chi connectivity index (χ1) is 29.9. The fourth-order valence-corrected chi connectivity index (χ4v) is 8.36. The van der Waals surface area contributed by atoms with Gasteiger partial charge in [0.2, 0.25) is 0 Å². The molecule has 1 unspecified atom stereocenters. The highest BCUT2D eigenvalue weighted by atomic mass is 16.6. The van der Waals surface area contributed by atoms with Crippen molar-refractivity contribution in [2.24, 2.45) is 5.92 Å². The van der Waals surface area contributed by atoms with Crippen molar-refractivity contribution in [1.82, 2.24) is 0 Å². The SMILES string of the molecule is CCCCCCCCCCCCCCCCCCCCC(=O)OC[C@H](COC(=O)CCCCCCCCCCCCCCCCC)OC(=O)CCCCCCCCC(C)CC. The smallest absolute Gasteiger partial charge is 0.306 e. The van der Waals surface area contributed by atoms with Gasteiger partial charge >= 0.3 is 17.9 Å². The molecule has 0 spiro atoms. The van der Waals surface area contributed by atoms with Crippen LogP contribution in [0.2, 0.25) is 0 Å². The van der Waals surface area contributed by atoms with Crippen LogP contribution in [0.5, 0.6) is 0 Å². The van der Waals surface area contributed by atoms with Crippen LogP contribution >= 0.6 is 0 Å². The fraction of sp³-hybridized carbons (Fsp3) is 0.945. The predicted octanol–water partition coefficient (Wildman–Crippen LogP) is 17.8. The molecule has 0 saturated heterocycles. The molecule has 0 aromatic carbocycles. The number of hydrogen-bond donors (Lipinski definition) is 0. The lowest BCUT2D eigenvalue weighted by Crippen LogP contribution is -2.30. The Hall–Kier alpha value is -1.59. The zero-order chi connectivity index (χ0) is 44.5. The van der Waals surface area contributed by atoms with Crippen LogP contribution in [0.4, 0.5) is 0 Å². The van der Waals surface area contributed by atoms with Crippen LogP contribution in [-0.2, 0) is 28.6 Å². The van der Waals surface area contributed by atoms with Crippen molar-refractivity contribution in [3.05, 3.63) is 0 Å². The average Bonchev–Trinajstić information content (AvgIpc) is 3.26. The standard InChI is InChI=1S/C55H106O6/c1-5-8-10-12-14-16-18-20-22-23-24-26-28-30-32-34-39-43-47-54(57)60-50-52(61-55(58)48-44-40-36-35-37-41-45-51(4)7-3)49-59-53(56)46-42-38-33-31-29-27-25-21-19-17-15-13-11-9-6-2/h51-52H,5-50H2,1-4H3/t51?,52-/m0/s1. The van der Waals surface area contributed by atoms with Crippen molar-refractivity contribution in [3.63, 3.8) is 0 Å². The minimum absolute atomic E-state index is 0.0635. The third-order valence-electron chi connectivity index (χ3n) is 12.9. The summed E-state index contributed by atoms with van der Waals surface area (Å²) in [6, 6.07) is 0. The van der Waals surface area contributed by atoms with Gasteiger partial charge in [-0.3, -0.25) is 14.4 Å². The van der Waals surface area contributed by atoms with E-state index in [2.05, 4.69) is 27.7 Å². The second kappa shape index (κ2) is 49.4. The molecule has 0 amide bonds. The summed E-state index contributed by atoms with van der Waals surface area (Å²) in [5.74, 6) is -0.0345. The Labute approximate surface area is 380 Å². The summed E-state index contributed by atoms with van der Waals surface area (Å²) in [4.78, 5) is 38.0. The molecule has 0 rings (SSSR count). The van der Waals surface area contributed by atoms with Crippen LogP contribution < -0.4 is 0 Å². The zero-order valence-corrected chi connectivity index (χ0v) is 41.6. The first kappa shape index (κ1) is 59.4. The Bertz CT molecular complexity index is 920. The third kappa shape index (κ3) is 47.7. The summed E-state index contributed by atoms with van der Waals surface area (Å²) in [5.41, 5.74) is 0. The van der Waals surface area contributed by atoms with E-state index in [4.69, 9.17) is 14.2 Å². The minimum Gasteiger partial charge on any atom is -0.462 e. The van der Waals surface area contributed by atoms with Crippen molar-refractivity contribution in [2.45, 2.75) is 316 Å². The first-order valence-corrected chi connectivity index (χ1v) is 27.4. The van der Waals surface area contributed by atoms with Crippen molar-refractivity contribution < 1.29 is 28.6 Å². The van der Waals surface area contributed by atoms with Crippen molar-refractivity contribution in [1.29, 1.82) is 0 Å². The molecule has 0 aliphatic carbocycles. The molecule has 6 nitrogen and oxygen atoms in total. The molecule has 0 aliphatic rings. The van der Waals surface area contributed by atoms with Crippen LogP contribution in [0.15, 0.2) is 0 Å². The Balaban J connectivity index is 4.24. The molecule has 0 saturated carbocycles. The Morgan fingerprint density at radius 1 is 0.328 bits per heavy atom. The van der Waals surface area contributed by atoms with E-state index in [0.29, 0.717) is 19.3 Å². The molecular weight excluding hydrogens is 757 g/mol. The number of hydrogen-bond acceptors (Lipinski definition) is 6. The lowest BCUT2D eigenvalue weighted by molar-refractivity contribution is -0.167. The van der Waals surface area contributed by atoms with E-state index in [1.807, 2.05) is 0 Å². The number of carbonyl (C=O) groups is 3. The summed E-state index contributed by atoms with van der Waals surface area (Å²) in [6.07, 6.45) is 52.4. The number of esters is 3. The van der Waals surface area contributed by atoms with Crippen molar-refractivity contribution >= 4 is 17.9 Å². The minimum atomic E-state index is -0.762. The maximum absolute atomic E-state index is 12.8. The van der Waals surface area contributed by atoms with E-state index < -0.39 is 6.10 Å². The third-order valence-corrected chi connectivity index (χ3v) is 12.9. The lowest BCUT2D eigenvalue weighted by Gasteiger charge is -2.18. The molecule has 2 atom stereocenters. The van der Waals surface area contributed by atoms with Crippen LogP contribution in [0.1, 0.15) is 310 Å². The maximum atomic E-state index is 12.8. The molecule has 0 radical (unpaired) electrons. The number of ether oxygens (including phenoxy) is 3. The highest BCUT2D eigenvalue weighted by molar-refractivity contribution is 5.71. The van der Waals surface area contributed by atoms with Gasteiger partial charge in [-0.05, 0) is 25.2 Å². The quantitative estimate of drug-likeness (QED) is 0.0344. The van der Waals surface area contributed by atoms with Gasteiger partial charge in [-0.1, -0.05) is 272 Å². The second-order valence-electron chi connectivity index (χ2n) is 19.1. The molecule has 0 bridgehead atoms. The van der Waals surface area contributed by atoms with Gasteiger partial charge in [0.05, 0.1) is 0 Å². The van der Waals surface area contributed by atoms with E-state index in [-0.39, 0.29) is 31.1 Å². The van der Waals surface area contributed by atoms with E-state index in [1.54, 1.807) is 0 Å². The van der Waals surface area contributed by atoms with Crippen molar-refractivity contribution in [3.8, 4) is 0 Å². The molecule has 0 fully saturated rings. The molecule has 0 N–H and O–H groups in total. The van der Waals surface area contributed by atoms with Gasteiger partial charge in [-0.15, -0.1) is 0 Å². The maximum Gasteiger partial charge on any atom is 0.306 e. The van der Waals surface area contributed by atoms with E-state index >= 15 is 0 Å². The fourth-order valence-electron chi connectivity index (χ4n) is 8.36. The average molecular weight is 863 g/mol. The normalized spacial score (nSPS) is 12.4. The summed E-state index contributed by atoms with van der Waals surface area (Å²) < 4.78 is 16.8. The number of unbranched alkanes of at least 4 members (excludes halogenated alkanes) is 36. The van der Waals surface area contributed by atoms with Gasteiger partial charge in [-0.2, -0.15) is 0 Å². The predicted molar refractivity (Wildman–Crippen MR) is 261 cm³/mol. The highest BCUT2D eigenvalue weighted by Crippen LogP contribution is 2.18. The molecular formula is C55H106O6. The Morgan fingerprint density at radius 2 is 0.574 bits per heavy atom. The molecule has 0 aliphatic heterocycles. The van der Waals surface area contributed by atoms with Gasteiger partial charge in [0, 0.05) is 19.3 Å². The van der Waals surface area contributed by atoms with Gasteiger partial charge in [-0.25, -0.2) is 0 Å². The molecule has 0 aromatic rings. The first-order valence-electron chi connectivity index (χ1n) is 27.4. The van der Waals surface area contributed by atoms with Crippen LogP contribution in [0.25, 0.3) is 0 Å². The van der Waals surface area contributed by atoms with E-state index in [9.17, 15) is 14.4 Å². The zero-order valence-electron chi connectivity index (χ0n) is 41.6. The monoisotopic (exact) mass is 863 g/mol. The summed E-state index contributed by atoms with van der Waals surface area (Å²) in [7, 11) is 0. The van der Waals surface area contributed by atoms with E-state index in [1.165, 1.54) is 205 Å². The van der Waals surface area contributed by atoms with Gasteiger partial charge in [0.1, 0.15) is 13.2 Å². The molecule has 6 heteroatoms. The number of carbonyl (C=O) groups excluding carboxylic acids is 3. The van der Waals surface area contributed by atoms with Crippen LogP contribution in [0.3, 0.4) is 0 Å². The van der Waals surface area contributed by atoms with Crippen molar-refractivity contribution in [2.75, 3.05) is 13.2 Å². The Kier molecular flexibility index (Phi) is 48.1. The summed E-state index contributed by atoms with van der Waals surface area (Å²) >= 11 is 0. The molecule has 362 valence electrons.